The molecule has 17 heavy (non-hydrogen) atoms. The van der Waals surface area contributed by atoms with E-state index in [0.29, 0.717) is 16.2 Å². The maximum absolute atomic E-state index is 13.7. The number of rotatable bonds is 2. The lowest BCUT2D eigenvalue weighted by atomic mass is 10.00. The molecule has 2 atom stereocenters. The smallest absolute Gasteiger partial charge is 0.140 e. The zero-order valence-electron chi connectivity index (χ0n) is 10.3. The summed E-state index contributed by atoms with van der Waals surface area (Å²) in [4.78, 5) is 0.600. The van der Waals surface area contributed by atoms with Gasteiger partial charge in [0.05, 0.1) is 0 Å². The first-order valence-corrected chi connectivity index (χ1v) is 6.77. The van der Waals surface area contributed by atoms with Crippen LogP contribution in [-0.2, 0) is 0 Å². The minimum Gasteiger partial charge on any atom is -0.308 e. The van der Waals surface area contributed by atoms with Gasteiger partial charge >= 0.3 is 0 Å². The summed E-state index contributed by atoms with van der Waals surface area (Å²) in [6, 6.07) is 2.77. The van der Waals surface area contributed by atoms with Crippen molar-refractivity contribution in [3.63, 3.8) is 0 Å². The molecule has 1 aliphatic rings. The Balaban J connectivity index is 2.41. The van der Waals surface area contributed by atoms with E-state index < -0.39 is 11.6 Å². The molecule has 2 unspecified atom stereocenters. The molecular formula is C13H17F2NS. The molecule has 1 nitrogen and oxygen atoms in total. The number of fused-ring (bicyclic) bond motifs is 1. The van der Waals surface area contributed by atoms with Crippen LogP contribution in [-0.4, -0.2) is 11.3 Å². The molecule has 0 spiro atoms. The third kappa shape index (κ3) is 2.80. The van der Waals surface area contributed by atoms with Gasteiger partial charge in [0.25, 0.3) is 0 Å². The van der Waals surface area contributed by atoms with Crippen LogP contribution in [0.3, 0.4) is 0 Å². The van der Waals surface area contributed by atoms with Gasteiger partial charge in [-0.1, -0.05) is 20.8 Å². The van der Waals surface area contributed by atoms with E-state index >= 15 is 0 Å². The zero-order valence-corrected chi connectivity index (χ0v) is 11.1. The molecule has 0 fully saturated rings. The van der Waals surface area contributed by atoms with Gasteiger partial charge in [0.15, 0.2) is 0 Å². The number of thioether (sulfide) groups is 1. The molecule has 4 heteroatoms. The second-order valence-electron chi connectivity index (χ2n) is 4.84. The van der Waals surface area contributed by atoms with Crippen LogP contribution in [0.1, 0.15) is 38.8 Å². The lowest BCUT2D eigenvalue weighted by Crippen LogP contribution is -2.32. The highest BCUT2D eigenvalue weighted by molar-refractivity contribution is 8.00. The first kappa shape index (κ1) is 12.8. The molecule has 0 saturated carbocycles. The Morgan fingerprint density at radius 1 is 1.35 bits per heavy atom. The molecule has 0 radical (unpaired) electrons. The van der Waals surface area contributed by atoms with Crippen LogP contribution in [0.4, 0.5) is 8.78 Å². The van der Waals surface area contributed by atoms with Crippen molar-refractivity contribution in [2.75, 3.05) is 0 Å². The molecule has 1 heterocycles. The summed E-state index contributed by atoms with van der Waals surface area (Å²) in [5.41, 5.74) is 0.763. The van der Waals surface area contributed by atoms with Crippen LogP contribution in [0.25, 0.3) is 0 Å². The molecule has 1 aromatic carbocycles. The fourth-order valence-electron chi connectivity index (χ4n) is 2.23. The van der Waals surface area contributed by atoms with E-state index in [2.05, 4.69) is 12.2 Å². The third-order valence-electron chi connectivity index (χ3n) is 2.83. The summed E-state index contributed by atoms with van der Waals surface area (Å²) in [5.74, 6) is -0.931. The van der Waals surface area contributed by atoms with Crippen molar-refractivity contribution in [3.8, 4) is 0 Å². The van der Waals surface area contributed by atoms with Crippen molar-refractivity contribution in [2.45, 2.75) is 49.4 Å². The van der Waals surface area contributed by atoms with Crippen LogP contribution in [0.5, 0.6) is 0 Å². The average Bonchev–Trinajstić information content (AvgIpc) is 2.19. The maximum Gasteiger partial charge on any atom is 0.140 e. The Bertz CT molecular complexity index is 420. The standard InChI is InChI=1S/C13H17F2NS/c1-7(2)16-12-4-8(3)17-13-10(12)5-9(14)6-11(13)15/h5-8,12,16H,4H2,1-3H3. The summed E-state index contributed by atoms with van der Waals surface area (Å²) >= 11 is 1.50. The number of nitrogens with one attached hydrogen (secondary N) is 1. The SMILES string of the molecule is CC(C)NC1CC(C)Sc2c(F)cc(F)cc21. The van der Waals surface area contributed by atoms with E-state index in [1.54, 1.807) is 0 Å². The normalized spacial score (nSPS) is 23.9. The quantitative estimate of drug-likeness (QED) is 0.862. The van der Waals surface area contributed by atoms with Crippen molar-refractivity contribution < 1.29 is 8.78 Å². The van der Waals surface area contributed by atoms with Gasteiger partial charge in [-0.3, -0.25) is 0 Å². The van der Waals surface area contributed by atoms with E-state index in [9.17, 15) is 8.78 Å². The van der Waals surface area contributed by atoms with Crippen molar-refractivity contribution in [1.82, 2.24) is 5.32 Å². The Hall–Kier alpha value is -0.610. The Kier molecular flexibility index (Phi) is 3.73. The van der Waals surface area contributed by atoms with E-state index in [-0.39, 0.29) is 6.04 Å². The summed E-state index contributed by atoms with van der Waals surface area (Å²) < 4.78 is 27.0. The largest absolute Gasteiger partial charge is 0.308 e. The van der Waals surface area contributed by atoms with E-state index in [1.165, 1.54) is 17.8 Å². The lowest BCUT2D eigenvalue weighted by molar-refractivity contribution is 0.431. The lowest BCUT2D eigenvalue weighted by Gasteiger charge is -2.31. The Morgan fingerprint density at radius 3 is 2.71 bits per heavy atom. The Labute approximate surface area is 105 Å². The molecule has 1 aliphatic heterocycles. The van der Waals surface area contributed by atoms with E-state index in [1.807, 2.05) is 13.8 Å². The number of halogens is 2. The van der Waals surface area contributed by atoms with E-state index in [0.717, 1.165) is 18.1 Å². The Morgan fingerprint density at radius 2 is 2.06 bits per heavy atom. The molecule has 0 aliphatic carbocycles. The summed E-state index contributed by atoms with van der Waals surface area (Å²) in [6.07, 6.45) is 0.902. The topological polar surface area (TPSA) is 12.0 Å². The minimum atomic E-state index is -0.494. The van der Waals surface area contributed by atoms with Crippen molar-refractivity contribution in [3.05, 3.63) is 29.3 Å². The summed E-state index contributed by atoms with van der Waals surface area (Å²) in [5, 5.41) is 3.72. The average molecular weight is 257 g/mol. The molecule has 2 rings (SSSR count). The maximum atomic E-state index is 13.7. The molecule has 0 amide bonds. The van der Waals surface area contributed by atoms with Crippen LogP contribution < -0.4 is 5.32 Å². The van der Waals surface area contributed by atoms with E-state index in [4.69, 9.17) is 0 Å². The highest BCUT2D eigenvalue weighted by Gasteiger charge is 2.28. The molecule has 1 aromatic rings. The van der Waals surface area contributed by atoms with Crippen LogP contribution in [0, 0.1) is 11.6 Å². The van der Waals surface area contributed by atoms with Gasteiger partial charge < -0.3 is 5.32 Å². The number of benzene rings is 1. The molecule has 0 saturated heterocycles. The third-order valence-corrected chi connectivity index (χ3v) is 4.09. The molecular weight excluding hydrogens is 240 g/mol. The summed E-state index contributed by atoms with van der Waals surface area (Å²) in [7, 11) is 0. The zero-order chi connectivity index (χ0) is 12.6. The highest BCUT2D eigenvalue weighted by atomic mass is 32.2. The first-order valence-electron chi connectivity index (χ1n) is 5.89. The molecule has 1 N–H and O–H groups in total. The monoisotopic (exact) mass is 257 g/mol. The highest BCUT2D eigenvalue weighted by Crippen LogP contribution is 2.42. The van der Waals surface area contributed by atoms with Crippen molar-refractivity contribution >= 4 is 11.8 Å². The second-order valence-corrected chi connectivity index (χ2v) is 6.29. The second kappa shape index (κ2) is 4.94. The predicted molar refractivity (Wildman–Crippen MR) is 67.3 cm³/mol. The summed E-state index contributed by atoms with van der Waals surface area (Å²) in [6.45, 7) is 6.16. The van der Waals surface area contributed by atoms with Gasteiger partial charge in [-0.05, 0) is 18.1 Å². The van der Waals surface area contributed by atoms with Crippen LogP contribution in [0.2, 0.25) is 0 Å². The fourth-order valence-corrected chi connectivity index (χ4v) is 3.43. The fraction of sp³-hybridized carbons (Fsp3) is 0.538. The number of hydrogen-bond donors (Lipinski definition) is 1. The minimum absolute atomic E-state index is 0.0476. The van der Waals surface area contributed by atoms with Gasteiger partial charge in [0, 0.05) is 28.3 Å². The predicted octanol–water partition coefficient (Wildman–Crippen LogP) is 3.89. The number of hydrogen-bond acceptors (Lipinski definition) is 2. The van der Waals surface area contributed by atoms with Gasteiger partial charge in [-0.2, -0.15) is 0 Å². The van der Waals surface area contributed by atoms with Crippen LogP contribution >= 0.6 is 11.8 Å². The van der Waals surface area contributed by atoms with Gasteiger partial charge in [0.1, 0.15) is 11.6 Å². The van der Waals surface area contributed by atoms with Crippen LogP contribution in [0.15, 0.2) is 17.0 Å². The molecule has 0 aromatic heterocycles. The molecule has 94 valence electrons. The van der Waals surface area contributed by atoms with Gasteiger partial charge in [-0.25, -0.2) is 8.78 Å². The first-order chi connectivity index (χ1) is 7.97. The van der Waals surface area contributed by atoms with Gasteiger partial charge in [0.2, 0.25) is 0 Å². The van der Waals surface area contributed by atoms with Crippen molar-refractivity contribution in [2.24, 2.45) is 0 Å². The van der Waals surface area contributed by atoms with Crippen molar-refractivity contribution in [1.29, 1.82) is 0 Å². The molecule has 0 bridgehead atoms. The van der Waals surface area contributed by atoms with Gasteiger partial charge in [-0.15, -0.1) is 11.8 Å².